The van der Waals surface area contributed by atoms with Gasteiger partial charge in [-0.1, -0.05) is 85.6 Å². The summed E-state index contributed by atoms with van der Waals surface area (Å²) in [6.07, 6.45) is 1.27. The van der Waals surface area contributed by atoms with Gasteiger partial charge < -0.3 is 10.2 Å². The second-order valence-corrected chi connectivity index (χ2v) is 13.4. The molecule has 0 fully saturated rings. The number of nitrogens with zero attached hydrogens (tertiary/aromatic N) is 2. The number of nitrogens with one attached hydrogen (secondary N) is 1. The zero-order valence-corrected chi connectivity index (χ0v) is 26.4. The van der Waals surface area contributed by atoms with Crippen LogP contribution in [-0.2, 0) is 32.6 Å². The topological polar surface area (TPSA) is 86.8 Å². The minimum atomic E-state index is -3.86. The summed E-state index contributed by atoms with van der Waals surface area (Å²) in [5.41, 5.74) is 1.81. The molecule has 11 heteroatoms. The van der Waals surface area contributed by atoms with Crippen LogP contribution in [0.5, 0.6) is 0 Å². The van der Waals surface area contributed by atoms with Crippen molar-refractivity contribution in [3.05, 3.63) is 98.4 Å². The molecule has 0 aromatic heterocycles. The molecule has 40 heavy (non-hydrogen) atoms. The van der Waals surface area contributed by atoms with Crippen molar-refractivity contribution in [1.82, 2.24) is 10.2 Å². The van der Waals surface area contributed by atoms with E-state index in [1.165, 1.54) is 4.90 Å². The molecule has 0 heterocycles. The highest BCUT2D eigenvalue weighted by Crippen LogP contribution is 2.29. The normalized spacial score (nSPS) is 12.2. The number of para-hydroxylation sites is 1. The van der Waals surface area contributed by atoms with Crippen LogP contribution in [0.2, 0.25) is 10.0 Å². The van der Waals surface area contributed by atoms with E-state index in [0.717, 1.165) is 16.1 Å². The van der Waals surface area contributed by atoms with Crippen molar-refractivity contribution in [2.24, 2.45) is 5.92 Å². The first-order valence-corrected chi connectivity index (χ1v) is 16.0. The largest absolute Gasteiger partial charge is 0.354 e. The Morgan fingerprint density at radius 2 is 1.57 bits per heavy atom. The van der Waals surface area contributed by atoms with E-state index in [4.69, 9.17) is 23.2 Å². The lowest BCUT2D eigenvalue weighted by Gasteiger charge is -2.34. The summed E-state index contributed by atoms with van der Waals surface area (Å²) in [6.45, 7) is 3.88. The van der Waals surface area contributed by atoms with Gasteiger partial charge in [0.25, 0.3) is 0 Å². The van der Waals surface area contributed by atoms with E-state index in [2.05, 4.69) is 21.2 Å². The summed E-state index contributed by atoms with van der Waals surface area (Å²) in [7, 11) is -3.86. The number of benzene rings is 3. The highest BCUT2D eigenvalue weighted by molar-refractivity contribution is 9.10. The Morgan fingerprint density at radius 1 is 0.925 bits per heavy atom. The Labute approximate surface area is 254 Å². The molecular formula is C29H32BrCl2N3O4S. The number of rotatable bonds is 12. The van der Waals surface area contributed by atoms with E-state index in [-0.39, 0.29) is 24.8 Å². The second kappa shape index (κ2) is 14.3. The van der Waals surface area contributed by atoms with Crippen LogP contribution in [0.4, 0.5) is 5.69 Å². The smallest absolute Gasteiger partial charge is 0.244 e. The lowest BCUT2D eigenvalue weighted by Crippen LogP contribution is -2.53. The molecule has 3 rings (SSSR count). The van der Waals surface area contributed by atoms with Gasteiger partial charge in [0.05, 0.1) is 22.0 Å². The fourth-order valence-electron chi connectivity index (χ4n) is 4.06. The van der Waals surface area contributed by atoms with Gasteiger partial charge in [-0.2, -0.15) is 0 Å². The van der Waals surface area contributed by atoms with Crippen molar-refractivity contribution in [3.8, 4) is 0 Å². The van der Waals surface area contributed by atoms with Crippen LogP contribution in [0.1, 0.15) is 25.0 Å². The molecule has 1 N–H and O–H groups in total. The molecule has 7 nitrogen and oxygen atoms in total. The van der Waals surface area contributed by atoms with Crippen LogP contribution in [0.25, 0.3) is 0 Å². The summed E-state index contributed by atoms with van der Waals surface area (Å²) in [5.74, 6) is -0.692. The number of anilines is 1. The predicted octanol–water partition coefficient (Wildman–Crippen LogP) is 5.93. The Hall–Kier alpha value is -2.59. The predicted molar refractivity (Wildman–Crippen MR) is 165 cm³/mol. The number of amides is 2. The number of hydrogen-bond acceptors (Lipinski definition) is 4. The van der Waals surface area contributed by atoms with Gasteiger partial charge in [-0.3, -0.25) is 13.9 Å². The first-order chi connectivity index (χ1) is 18.9. The van der Waals surface area contributed by atoms with Gasteiger partial charge in [0.2, 0.25) is 21.8 Å². The highest BCUT2D eigenvalue weighted by atomic mass is 79.9. The fourth-order valence-corrected chi connectivity index (χ4v) is 5.86. The molecule has 0 unspecified atom stereocenters. The average Bonchev–Trinajstić information content (AvgIpc) is 2.90. The molecule has 0 aliphatic heterocycles. The average molecular weight is 669 g/mol. The zero-order valence-electron chi connectivity index (χ0n) is 22.5. The maximum Gasteiger partial charge on any atom is 0.244 e. The molecule has 0 saturated heterocycles. The SMILES string of the molecule is CC(C)CNC(=O)[C@H](Cc1ccccc1)N(Cc1ccc(Cl)c(Cl)c1)C(=O)CN(c1ccccc1Br)S(C)(=O)=O. The zero-order chi connectivity index (χ0) is 29.4. The molecule has 0 spiro atoms. The fraction of sp³-hybridized carbons (Fsp3) is 0.310. The minimum Gasteiger partial charge on any atom is -0.354 e. The van der Waals surface area contributed by atoms with E-state index in [0.29, 0.717) is 32.3 Å². The monoisotopic (exact) mass is 667 g/mol. The lowest BCUT2D eigenvalue weighted by molar-refractivity contribution is -0.140. The van der Waals surface area contributed by atoms with Gasteiger partial charge in [-0.15, -0.1) is 0 Å². The maximum atomic E-state index is 14.1. The molecule has 0 aliphatic carbocycles. The maximum absolute atomic E-state index is 14.1. The van der Waals surface area contributed by atoms with E-state index >= 15 is 0 Å². The summed E-state index contributed by atoms with van der Waals surface area (Å²) in [5, 5.41) is 3.61. The third-order valence-electron chi connectivity index (χ3n) is 6.09. The van der Waals surface area contributed by atoms with Crippen molar-refractivity contribution in [2.75, 3.05) is 23.7 Å². The molecule has 0 radical (unpaired) electrons. The van der Waals surface area contributed by atoms with Gasteiger partial charge in [-0.05, 0) is 57.2 Å². The Bertz CT molecular complexity index is 1440. The van der Waals surface area contributed by atoms with Gasteiger partial charge in [-0.25, -0.2) is 8.42 Å². The van der Waals surface area contributed by atoms with E-state index in [1.807, 2.05) is 44.2 Å². The van der Waals surface area contributed by atoms with Crippen molar-refractivity contribution < 1.29 is 18.0 Å². The summed E-state index contributed by atoms with van der Waals surface area (Å²) in [6, 6.07) is 20.2. The first-order valence-electron chi connectivity index (χ1n) is 12.6. The van der Waals surface area contributed by atoms with Crippen molar-refractivity contribution in [1.29, 1.82) is 0 Å². The number of halogens is 3. The van der Waals surface area contributed by atoms with Crippen LogP contribution in [0.15, 0.2) is 77.3 Å². The van der Waals surface area contributed by atoms with Gasteiger partial charge in [0, 0.05) is 24.0 Å². The third kappa shape index (κ3) is 8.96. The lowest BCUT2D eigenvalue weighted by atomic mass is 10.0. The van der Waals surface area contributed by atoms with Gasteiger partial charge in [0.1, 0.15) is 12.6 Å². The molecular weight excluding hydrogens is 637 g/mol. The molecule has 3 aromatic carbocycles. The molecule has 214 valence electrons. The standard InChI is InChI=1S/C29H32BrCl2N3O4S/c1-20(2)17-33-29(37)27(16-21-9-5-4-6-10-21)34(18-22-13-14-24(31)25(32)15-22)28(36)19-35(40(3,38)39)26-12-8-7-11-23(26)30/h4-15,20,27H,16-19H2,1-3H3,(H,33,37)/t27-/m0/s1. The summed E-state index contributed by atoms with van der Waals surface area (Å²) >= 11 is 15.8. The number of sulfonamides is 1. The van der Waals surface area contributed by atoms with E-state index in [9.17, 15) is 18.0 Å². The van der Waals surface area contributed by atoms with Crippen LogP contribution < -0.4 is 9.62 Å². The highest BCUT2D eigenvalue weighted by Gasteiger charge is 2.33. The minimum absolute atomic E-state index is 0.00980. The number of carbonyl (C=O) groups is 2. The van der Waals surface area contributed by atoms with Crippen LogP contribution >= 0.6 is 39.1 Å². The number of hydrogen-bond donors (Lipinski definition) is 1. The van der Waals surface area contributed by atoms with Crippen LogP contribution in [0.3, 0.4) is 0 Å². The molecule has 2 amide bonds. The second-order valence-electron chi connectivity index (χ2n) is 9.84. The Morgan fingerprint density at radius 3 is 2.17 bits per heavy atom. The molecule has 0 saturated carbocycles. The third-order valence-corrected chi connectivity index (χ3v) is 8.63. The quantitative estimate of drug-likeness (QED) is 0.259. The first kappa shape index (κ1) is 31.9. The Balaban J connectivity index is 2.07. The van der Waals surface area contributed by atoms with Crippen molar-refractivity contribution in [2.45, 2.75) is 32.9 Å². The van der Waals surface area contributed by atoms with E-state index < -0.39 is 28.5 Å². The van der Waals surface area contributed by atoms with Gasteiger partial charge >= 0.3 is 0 Å². The van der Waals surface area contributed by atoms with Crippen molar-refractivity contribution >= 4 is 66.7 Å². The molecule has 0 bridgehead atoms. The molecule has 3 aromatic rings. The molecule has 0 aliphatic rings. The van der Waals surface area contributed by atoms with Crippen molar-refractivity contribution in [3.63, 3.8) is 0 Å². The Kier molecular flexibility index (Phi) is 11.5. The molecule has 1 atom stereocenters. The van der Waals surface area contributed by atoms with Gasteiger partial charge in [0.15, 0.2) is 0 Å². The van der Waals surface area contributed by atoms with Crippen LogP contribution in [0, 0.1) is 5.92 Å². The summed E-state index contributed by atoms with van der Waals surface area (Å²) in [4.78, 5) is 29.1. The number of carbonyl (C=O) groups excluding carboxylic acids is 2. The summed E-state index contributed by atoms with van der Waals surface area (Å²) < 4.78 is 27.3. The van der Waals surface area contributed by atoms with E-state index in [1.54, 1.807) is 42.5 Å². The van der Waals surface area contributed by atoms with Crippen LogP contribution in [-0.4, -0.2) is 50.5 Å².